The molecular weight excluding hydrogens is 418 g/mol. The maximum absolute atomic E-state index is 14.1. The standard InChI is InChI=1S/C31H19NO2/c33-31-26-14-2-1-10-20(26)24-15-9-16-25-23-13-5-8-19-29(23)34-28-18-7-4-12-22(28)21-11-3-6-17-27(21)32(31)30(24)25/h1-19H. The Hall–Kier alpha value is -4.63. The summed E-state index contributed by atoms with van der Waals surface area (Å²) in [4.78, 5) is 14.1. The van der Waals surface area contributed by atoms with Crippen LogP contribution in [0.2, 0.25) is 0 Å². The van der Waals surface area contributed by atoms with Gasteiger partial charge in [0.1, 0.15) is 11.5 Å². The molecule has 0 radical (unpaired) electrons. The van der Waals surface area contributed by atoms with Gasteiger partial charge in [0.05, 0.1) is 11.2 Å². The lowest BCUT2D eigenvalue weighted by Crippen LogP contribution is -2.20. The van der Waals surface area contributed by atoms with Crippen LogP contribution in [0.15, 0.2) is 120 Å². The normalized spacial score (nSPS) is 11.9. The Morgan fingerprint density at radius 2 is 1.00 bits per heavy atom. The molecule has 7 rings (SSSR count). The molecule has 34 heavy (non-hydrogen) atoms. The van der Waals surface area contributed by atoms with Crippen molar-refractivity contribution in [1.29, 1.82) is 0 Å². The molecule has 3 heteroatoms. The smallest absolute Gasteiger partial charge is 0.263 e. The van der Waals surface area contributed by atoms with Crippen LogP contribution in [-0.2, 0) is 0 Å². The summed E-state index contributed by atoms with van der Waals surface area (Å²) in [6, 6.07) is 38.2. The van der Waals surface area contributed by atoms with Crippen molar-refractivity contribution in [3.8, 4) is 39.4 Å². The number of pyridine rings is 1. The SMILES string of the molecule is O=c1c2ccccc2c2cccc3c2n1-c1ccccc1-c1ccccc1Oc1ccccc1-3. The van der Waals surface area contributed by atoms with Crippen LogP contribution in [-0.4, -0.2) is 4.57 Å². The summed E-state index contributed by atoms with van der Waals surface area (Å²) in [6.45, 7) is 0. The molecule has 0 saturated carbocycles. The maximum atomic E-state index is 14.1. The van der Waals surface area contributed by atoms with E-state index in [1.807, 2.05) is 89.5 Å². The van der Waals surface area contributed by atoms with E-state index in [4.69, 9.17) is 4.74 Å². The highest BCUT2D eigenvalue weighted by Crippen LogP contribution is 2.44. The Morgan fingerprint density at radius 1 is 0.471 bits per heavy atom. The minimum absolute atomic E-state index is 0.0283. The molecule has 0 N–H and O–H groups in total. The summed E-state index contributed by atoms with van der Waals surface area (Å²) in [5.74, 6) is 1.51. The quantitative estimate of drug-likeness (QED) is 0.229. The predicted octanol–water partition coefficient (Wildman–Crippen LogP) is 7.58. The van der Waals surface area contributed by atoms with Gasteiger partial charge in [0.25, 0.3) is 5.56 Å². The van der Waals surface area contributed by atoms with Gasteiger partial charge in [-0.05, 0) is 29.7 Å². The average molecular weight is 437 g/mol. The van der Waals surface area contributed by atoms with E-state index in [2.05, 4.69) is 30.3 Å². The van der Waals surface area contributed by atoms with Crippen molar-refractivity contribution < 1.29 is 4.74 Å². The van der Waals surface area contributed by atoms with Crippen molar-refractivity contribution in [3.63, 3.8) is 0 Å². The zero-order chi connectivity index (χ0) is 22.6. The number of hydrogen-bond donors (Lipinski definition) is 0. The summed E-state index contributed by atoms with van der Waals surface area (Å²) >= 11 is 0. The second-order valence-electron chi connectivity index (χ2n) is 8.50. The van der Waals surface area contributed by atoms with E-state index in [1.54, 1.807) is 0 Å². The molecule has 1 aliphatic rings. The van der Waals surface area contributed by atoms with Gasteiger partial charge in [0.2, 0.25) is 0 Å². The Labute approximate surface area is 196 Å². The third kappa shape index (κ3) is 2.61. The molecule has 5 aromatic carbocycles. The van der Waals surface area contributed by atoms with Gasteiger partial charge in [-0.2, -0.15) is 0 Å². The number of ether oxygens (including phenoxy) is 1. The molecule has 160 valence electrons. The van der Waals surface area contributed by atoms with Crippen molar-refractivity contribution >= 4 is 21.7 Å². The van der Waals surface area contributed by atoms with Crippen LogP contribution in [0.4, 0.5) is 0 Å². The van der Waals surface area contributed by atoms with E-state index >= 15 is 0 Å². The molecular formula is C31H19NO2. The predicted molar refractivity (Wildman–Crippen MR) is 138 cm³/mol. The second kappa shape index (κ2) is 7.19. The van der Waals surface area contributed by atoms with Gasteiger partial charge in [-0.3, -0.25) is 9.36 Å². The Bertz CT molecular complexity index is 1810. The summed E-state index contributed by atoms with van der Waals surface area (Å²) in [5.41, 5.74) is 5.50. The van der Waals surface area contributed by atoms with Crippen LogP contribution in [0.5, 0.6) is 11.5 Å². The highest BCUT2D eigenvalue weighted by atomic mass is 16.5. The fourth-order valence-corrected chi connectivity index (χ4v) is 5.15. The second-order valence-corrected chi connectivity index (χ2v) is 8.50. The number of benzene rings is 5. The fourth-order valence-electron chi connectivity index (χ4n) is 5.15. The first-order valence-corrected chi connectivity index (χ1v) is 11.3. The van der Waals surface area contributed by atoms with Crippen molar-refractivity contribution in [1.82, 2.24) is 4.57 Å². The lowest BCUT2D eigenvalue weighted by atomic mass is 9.95. The van der Waals surface area contributed by atoms with Gasteiger partial charge in [-0.25, -0.2) is 0 Å². The van der Waals surface area contributed by atoms with Crippen LogP contribution in [0.1, 0.15) is 0 Å². The topological polar surface area (TPSA) is 31.2 Å². The molecule has 0 saturated heterocycles. The molecule has 2 heterocycles. The molecule has 0 amide bonds. The largest absolute Gasteiger partial charge is 0.456 e. The van der Waals surface area contributed by atoms with Crippen LogP contribution >= 0.6 is 0 Å². The number of para-hydroxylation sites is 4. The average Bonchev–Trinajstić information content (AvgIpc) is 2.89. The van der Waals surface area contributed by atoms with E-state index in [0.29, 0.717) is 5.39 Å². The van der Waals surface area contributed by atoms with E-state index in [1.165, 1.54) is 0 Å². The van der Waals surface area contributed by atoms with Gasteiger partial charge in [0.15, 0.2) is 0 Å². The molecule has 0 unspecified atom stereocenters. The highest BCUT2D eigenvalue weighted by Gasteiger charge is 2.22. The molecule has 6 aromatic rings. The van der Waals surface area contributed by atoms with Crippen molar-refractivity contribution in [2.75, 3.05) is 0 Å². The number of nitrogens with zero attached hydrogens (tertiary/aromatic N) is 1. The number of aromatic nitrogens is 1. The van der Waals surface area contributed by atoms with Gasteiger partial charge in [-0.1, -0.05) is 91.0 Å². The molecule has 1 aromatic heterocycles. The zero-order valence-corrected chi connectivity index (χ0v) is 18.2. The van der Waals surface area contributed by atoms with E-state index in [-0.39, 0.29) is 5.56 Å². The van der Waals surface area contributed by atoms with Gasteiger partial charge < -0.3 is 4.74 Å². The monoisotopic (exact) mass is 437 g/mol. The van der Waals surface area contributed by atoms with Gasteiger partial charge >= 0.3 is 0 Å². The van der Waals surface area contributed by atoms with Crippen molar-refractivity contribution in [3.05, 3.63) is 126 Å². The van der Waals surface area contributed by atoms with Crippen molar-refractivity contribution in [2.24, 2.45) is 0 Å². The van der Waals surface area contributed by atoms with Crippen LogP contribution in [0.25, 0.3) is 49.6 Å². The first-order chi connectivity index (χ1) is 16.8. The van der Waals surface area contributed by atoms with Crippen molar-refractivity contribution in [2.45, 2.75) is 0 Å². The zero-order valence-electron chi connectivity index (χ0n) is 18.2. The molecule has 0 atom stereocenters. The lowest BCUT2D eigenvalue weighted by molar-refractivity contribution is 0.486. The third-order valence-corrected chi connectivity index (χ3v) is 6.63. The summed E-state index contributed by atoms with van der Waals surface area (Å²) in [6.07, 6.45) is 0. The Kier molecular flexibility index (Phi) is 4.00. The van der Waals surface area contributed by atoms with E-state index in [0.717, 1.165) is 55.7 Å². The van der Waals surface area contributed by atoms with Crippen LogP contribution in [0, 0.1) is 0 Å². The highest BCUT2D eigenvalue weighted by molar-refractivity contribution is 6.11. The molecule has 3 nitrogen and oxygen atoms in total. The molecule has 1 aliphatic heterocycles. The van der Waals surface area contributed by atoms with Crippen LogP contribution < -0.4 is 10.3 Å². The Morgan fingerprint density at radius 3 is 1.76 bits per heavy atom. The van der Waals surface area contributed by atoms with E-state index in [9.17, 15) is 4.79 Å². The third-order valence-electron chi connectivity index (χ3n) is 6.63. The number of fused-ring (bicyclic) bond motifs is 8. The van der Waals surface area contributed by atoms with Crippen LogP contribution in [0.3, 0.4) is 0 Å². The first-order valence-electron chi connectivity index (χ1n) is 11.3. The molecule has 0 spiro atoms. The summed E-state index contributed by atoms with van der Waals surface area (Å²) < 4.78 is 8.44. The first kappa shape index (κ1) is 18.9. The molecule has 0 bridgehead atoms. The molecule has 0 fully saturated rings. The number of hydrogen-bond acceptors (Lipinski definition) is 2. The molecule has 0 aliphatic carbocycles. The summed E-state index contributed by atoms with van der Waals surface area (Å²) in [5, 5.41) is 2.69. The van der Waals surface area contributed by atoms with Gasteiger partial charge in [-0.15, -0.1) is 0 Å². The van der Waals surface area contributed by atoms with E-state index < -0.39 is 0 Å². The number of rotatable bonds is 0. The Balaban J connectivity index is 1.80. The fraction of sp³-hybridized carbons (Fsp3) is 0. The minimum Gasteiger partial charge on any atom is -0.456 e. The van der Waals surface area contributed by atoms with Gasteiger partial charge in [0, 0.05) is 33.0 Å². The minimum atomic E-state index is -0.0283. The lowest BCUT2D eigenvalue weighted by Gasteiger charge is -2.23. The maximum Gasteiger partial charge on any atom is 0.263 e. The summed E-state index contributed by atoms with van der Waals surface area (Å²) in [7, 11) is 0.